The van der Waals surface area contributed by atoms with E-state index in [0.29, 0.717) is 11.9 Å². The number of anilines is 4. The number of nitrogens with zero attached hydrogens (tertiary/aromatic N) is 3. The fourth-order valence-corrected chi connectivity index (χ4v) is 23.2. The molecule has 4 rings (SSSR count). The van der Waals surface area contributed by atoms with Crippen molar-refractivity contribution in [3.05, 3.63) is 94.4 Å². The Labute approximate surface area is 890 Å². The molecule has 0 aliphatic carbocycles. The topological polar surface area (TPSA) is 62.7 Å². The molecular formula is C137H248N5. The molecule has 0 aliphatic rings. The van der Waals surface area contributed by atoms with Crippen molar-refractivity contribution in [2.75, 3.05) is 10.6 Å². The smallest absolute Gasteiger partial charge is 0.232 e. The monoisotopic (exact) mass is 1960 g/mol. The third-order valence-corrected chi connectivity index (χ3v) is 32.8. The van der Waals surface area contributed by atoms with Gasteiger partial charge in [0.15, 0.2) is 5.82 Å². The molecule has 0 unspecified atom stereocenters. The molecule has 0 spiro atoms. The van der Waals surface area contributed by atoms with E-state index in [1.807, 2.05) is 0 Å². The number of aryl methyl sites for hydroxylation is 4. The Kier molecular flexibility index (Phi) is 94.7. The summed E-state index contributed by atoms with van der Waals surface area (Å²) in [6, 6.07) is 19.3. The van der Waals surface area contributed by atoms with Crippen molar-refractivity contribution in [2.24, 2.45) is 0 Å². The summed E-state index contributed by atoms with van der Waals surface area (Å²) in [6.45, 7) is 18.3. The van der Waals surface area contributed by atoms with Gasteiger partial charge in [0.1, 0.15) is 0 Å². The number of benzene rings is 3. The van der Waals surface area contributed by atoms with E-state index in [0.717, 1.165) is 54.9 Å². The molecule has 0 saturated heterocycles. The summed E-state index contributed by atoms with van der Waals surface area (Å²) < 4.78 is 0. The van der Waals surface area contributed by atoms with E-state index >= 15 is 0 Å². The van der Waals surface area contributed by atoms with Crippen LogP contribution in [0.5, 0.6) is 0 Å². The third-order valence-electron chi connectivity index (χ3n) is 32.8. The zero-order valence-electron chi connectivity index (χ0n) is 97.2. The molecule has 0 amide bonds. The minimum atomic E-state index is 0.644. The van der Waals surface area contributed by atoms with Crippen molar-refractivity contribution in [1.82, 2.24) is 15.0 Å². The van der Waals surface area contributed by atoms with E-state index in [1.165, 1.54) is 673 Å². The number of aromatic nitrogens is 3. The Morgan fingerprint density at radius 1 is 0.169 bits per heavy atom. The molecule has 1 aromatic heterocycles. The second-order valence-corrected chi connectivity index (χ2v) is 46.5. The summed E-state index contributed by atoms with van der Waals surface area (Å²) in [7, 11) is 0. The highest BCUT2D eigenvalue weighted by Gasteiger charge is 2.19. The summed E-state index contributed by atoms with van der Waals surface area (Å²) in [5.74, 6) is 2.01. The molecule has 1 heterocycles. The Morgan fingerprint density at radius 3 is 0.458 bits per heavy atom. The maximum absolute atomic E-state index is 5.55. The standard InChI is InChI=1S/C137H248N5/c1-8-15-21-27-33-39-45-51-57-63-69-75-81-87-93-99-105-111-127-121-131(122-128(112-106-100-94-88-82-76-70-64-58-52-46-40-34-28-22-16-9-2)133(127)115-109-103-97-91-85-79-73-67-61-55-49-43-37-31-25-19-12-5)138-136-140-135(126-119-117-125(14-7)118-120-126)141-137(142-136)139-132-123-129(113-107-101-95-89-83-77-71-65-59-53-47-41-35-29-23-17-10-3)134(116-110-104-98-92-86-80-74-68-62-56-50-44-38-32-26-20-13-6)130(124-132)114-108-102-96-90-84-78-72-66-60-54-48-42-36-30-24-18-11-4/h117-124H,7-116H2,1-6H3,(H2,138,139,140,141,142). The molecule has 1 radical (unpaired) electrons. The van der Waals surface area contributed by atoms with E-state index < -0.39 is 0 Å². The first-order chi connectivity index (χ1) is 70.5. The van der Waals surface area contributed by atoms with Gasteiger partial charge in [-0.15, -0.1) is 0 Å². The van der Waals surface area contributed by atoms with Gasteiger partial charge in [0, 0.05) is 16.9 Å². The Hall–Kier alpha value is -3.73. The van der Waals surface area contributed by atoms with Crippen LogP contribution in [0.1, 0.15) is 735 Å². The van der Waals surface area contributed by atoms with Crippen molar-refractivity contribution >= 4 is 23.3 Å². The number of rotatable bonds is 114. The lowest BCUT2D eigenvalue weighted by molar-refractivity contribution is 0.525. The van der Waals surface area contributed by atoms with Crippen molar-refractivity contribution < 1.29 is 0 Å². The largest absolute Gasteiger partial charge is 0.324 e. The molecule has 142 heavy (non-hydrogen) atoms. The lowest BCUT2D eigenvalue weighted by Crippen LogP contribution is -2.09. The van der Waals surface area contributed by atoms with Crippen LogP contribution < -0.4 is 10.6 Å². The predicted molar refractivity (Wildman–Crippen MR) is 641 cm³/mol. The van der Waals surface area contributed by atoms with Gasteiger partial charge in [0.05, 0.1) is 0 Å². The second-order valence-electron chi connectivity index (χ2n) is 46.5. The summed E-state index contributed by atoms with van der Waals surface area (Å²) in [5, 5.41) is 8.09. The summed E-state index contributed by atoms with van der Waals surface area (Å²) in [5.41, 5.74) is 14.3. The van der Waals surface area contributed by atoms with Crippen LogP contribution in [0.15, 0.2) is 48.5 Å². The number of nitrogens with one attached hydrogen (secondary N) is 2. The fourth-order valence-electron chi connectivity index (χ4n) is 23.2. The molecule has 2 N–H and O–H groups in total. The van der Waals surface area contributed by atoms with Crippen molar-refractivity contribution in [1.29, 1.82) is 0 Å². The predicted octanol–water partition coefficient (Wildman–Crippen LogP) is 48.6. The number of hydrogen-bond donors (Lipinski definition) is 2. The van der Waals surface area contributed by atoms with Crippen LogP contribution in [0.2, 0.25) is 0 Å². The normalized spacial score (nSPS) is 11.7. The van der Waals surface area contributed by atoms with Crippen LogP contribution in [0.3, 0.4) is 0 Å². The van der Waals surface area contributed by atoms with E-state index in [-0.39, 0.29) is 0 Å². The number of hydrogen-bond acceptors (Lipinski definition) is 5. The molecule has 0 atom stereocenters. The highest BCUT2D eigenvalue weighted by atomic mass is 15.2. The first-order valence-corrected chi connectivity index (χ1v) is 65.9. The van der Waals surface area contributed by atoms with Crippen LogP contribution in [0.25, 0.3) is 11.4 Å². The molecule has 0 aliphatic heterocycles. The Morgan fingerprint density at radius 2 is 0.310 bits per heavy atom. The Bertz CT molecular complexity index is 2930. The van der Waals surface area contributed by atoms with Crippen LogP contribution in [0.4, 0.5) is 23.3 Å². The average molecular weight is 1970 g/mol. The SMILES string of the molecule is [CH2]Cc1ccc(-c2nc(Nc3cc(CCCCCCCCCCCCCCCCCCC)c(CCCCCCCCCCCCCCCCCCC)c(CCCCCCCCCCCCCCCCCCC)c3)nc(Nc3cc(CCCCCCCCCCCCCCCCCCC)c(CCCCCCCCCCCCCCCCCCC)c(CCCCCCCCCCCCCCCCCCC)c3)n2)cc1. The van der Waals surface area contributed by atoms with Gasteiger partial charge in [0.25, 0.3) is 0 Å². The zero-order chi connectivity index (χ0) is 101. The molecule has 5 heteroatoms. The van der Waals surface area contributed by atoms with Gasteiger partial charge in [-0.25, -0.2) is 0 Å². The van der Waals surface area contributed by atoms with Crippen molar-refractivity contribution in [2.45, 2.75) is 741 Å². The lowest BCUT2D eigenvalue weighted by atomic mass is 9.89. The summed E-state index contributed by atoms with van der Waals surface area (Å²) in [4.78, 5) is 16.5. The van der Waals surface area contributed by atoms with E-state index in [4.69, 9.17) is 15.0 Å². The van der Waals surface area contributed by atoms with Crippen LogP contribution in [-0.4, -0.2) is 15.0 Å². The van der Waals surface area contributed by atoms with Crippen molar-refractivity contribution in [3.63, 3.8) is 0 Å². The minimum Gasteiger partial charge on any atom is -0.324 e. The van der Waals surface area contributed by atoms with E-state index in [1.54, 1.807) is 33.4 Å². The van der Waals surface area contributed by atoms with Gasteiger partial charge < -0.3 is 10.6 Å². The maximum atomic E-state index is 5.55. The van der Waals surface area contributed by atoms with Gasteiger partial charge in [-0.05, 0) is 154 Å². The summed E-state index contributed by atoms with van der Waals surface area (Å²) in [6.07, 6.45) is 152. The number of unbranched alkanes of at least 4 members (excludes halogenated alkanes) is 96. The maximum Gasteiger partial charge on any atom is 0.232 e. The quantitative estimate of drug-likeness (QED) is 0.0431. The minimum absolute atomic E-state index is 0.644. The van der Waals surface area contributed by atoms with Gasteiger partial charge in [-0.2, -0.15) is 15.0 Å². The molecular weight excluding hydrogens is 1720 g/mol. The highest BCUT2D eigenvalue weighted by molar-refractivity contribution is 5.66. The van der Waals surface area contributed by atoms with Crippen molar-refractivity contribution in [3.8, 4) is 11.4 Å². The lowest BCUT2D eigenvalue weighted by Gasteiger charge is -2.20. The van der Waals surface area contributed by atoms with Gasteiger partial charge in [0.2, 0.25) is 11.9 Å². The molecule has 3 aromatic carbocycles. The van der Waals surface area contributed by atoms with Crippen LogP contribution in [-0.2, 0) is 44.9 Å². The van der Waals surface area contributed by atoms with Crippen LogP contribution >= 0.6 is 0 Å². The Balaban J connectivity index is 1.69. The average Bonchev–Trinajstić information content (AvgIpc) is 0.800. The molecule has 0 fully saturated rings. The van der Waals surface area contributed by atoms with E-state index in [2.05, 4.69) is 108 Å². The first kappa shape index (κ1) is 131. The second kappa shape index (κ2) is 103. The molecule has 5 nitrogen and oxygen atoms in total. The van der Waals surface area contributed by atoms with Gasteiger partial charge in [-0.3, -0.25) is 0 Å². The van der Waals surface area contributed by atoms with E-state index in [9.17, 15) is 0 Å². The molecule has 0 bridgehead atoms. The molecule has 0 saturated carbocycles. The van der Waals surface area contributed by atoms with Gasteiger partial charge in [-0.1, -0.05) is 682 Å². The van der Waals surface area contributed by atoms with Crippen LogP contribution in [0, 0.1) is 6.92 Å². The summed E-state index contributed by atoms with van der Waals surface area (Å²) >= 11 is 0. The molecule has 821 valence electrons. The first-order valence-electron chi connectivity index (χ1n) is 65.9. The van der Waals surface area contributed by atoms with Gasteiger partial charge >= 0.3 is 0 Å². The highest BCUT2D eigenvalue weighted by Crippen LogP contribution is 2.35. The third kappa shape index (κ3) is 78.5. The fraction of sp³-hybridized carbons (Fsp3) is 0.839. The zero-order valence-corrected chi connectivity index (χ0v) is 97.2. The molecule has 4 aromatic rings.